The van der Waals surface area contributed by atoms with E-state index in [1.807, 2.05) is 59.2 Å². The molecule has 0 aliphatic carbocycles. The zero-order valence-corrected chi connectivity index (χ0v) is 15.7. The quantitative estimate of drug-likeness (QED) is 0.718. The summed E-state index contributed by atoms with van der Waals surface area (Å²) in [5, 5.41) is 5.94. The monoisotopic (exact) mass is 364 g/mol. The third kappa shape index (κ3) is 3.27. The summed E-state index contributed by atoms with van der Waals surface area (Å²) in [7, 11) is 0. The van der Waals surface area contributed by atoms with E-state index in [-0.39, 0.29) is 17.5 Å². The van der Waals surface area contributed by atoms with Gasteiger partial charge in [0.15, 0.2) is 0 Å². The van der Waals surface area contributed by atoms with Gasteiger partial charge in [-0.2, -0.15) is 5.10 Å². The number of pyridine rings is 1. The highest BCUT2D eigenvalue weighted by atomic mass is 16.2. The van der Waals surface area contributed by atoms with Crippen LogP contribution in [0.3, 0.4) is 0 Å². The lowest BCUT2D eigenvalue weighted by atomic mass is 10.0. The van der Waals surface area contributed by atoms with Crippen LogP contribution in [0.4, 0.5) is 0 Å². The summed E-state index contributed by atoms with van der Waals surface area (Å²) in [6, 6.07) is 9.04. The summed E-state index contributed by atoms with van der Waals surface area (Å²) >= 11 is 0. The number of aryl methyl sites for hydroxylation is 1. The van der Waals surface area contributed by atoms with Gasteiger partial charge in [-0.15, -0.1) is 0 Å². The number of aromatic nitrogens is 3. The summed E-state index contributed by atoms with van der Waals surface area (Å²) in [6.07, 6.45) is 7.54. The molecule has 1 amide bonds. The molecule has 0 bridgehead atoms. The van der Waals surface area contributed by atoms with Gasteiger partial charge in [-0.1, -0.05) is 18.2 Å². The van der Waals surface area contributed by atoms with Gasteiger partial charge in [-0.05, 0) is 49.8 Å². The van der Waals surface area contributed by atoms with Crippen LogP contribution in [0.2, 0.25) is 0 Å². The number of likely N-dealkylation sites (tertiary alicyclic amines) is 1. The fourth-order valence-electron chi connectivity index (χ4n) is 3.90. The van der Waals surface area contributed by atoms with Gasteiger partial charge >= 0.3 is 0 Å². The Hall–Kier alpha value is -2.89. The van der Waals surface area contributed by atoms with Crippen LogP contribution in [-0.2, 0) is 4.79 Å². The summed E-state index contributed by atoms with van der Waals surface area (Å²) in [6.45, 7) is 5.18. The number of rotatable bonds is 3. The van der Waals surface area contributed by atoms with Gasteiger partial charge in [0.05, 0.1) is 12.2 Å². The molecule has 0 radical (unpaired) electrons. The maximum atomic E-state index is 13.1. The Morgan fingerprint density at radius 1 is 1.26 bits per heavy atom. The molecule has 1 saturated heterocycles. The van der Waals surface area contributed by atoms with E-state index in [1.54, 1.807) is 17.7 Å². The van der Waals surface area contributed by atoms with E-state index in [4.69, 9.17) is 0 Å². The molecule has 1 fully saturated rings. The smallest absolute Gasteiger partial charge is 0.259 e. The lowest BCUT2D eigenvalue weighted by molar-refractivity contribution is -0.136. The number of carbonyl (C=O) groups is 1. The molecule has 140 valence electrons. The van der Waals surface area contributed by atoms with Gasteiger partial charge in [0.1, 0.15) is 6.04 Å². The lowest BCUT2D eigenvalue weighted by Crippen LogP contribution is -2.45. The number of hydrogen-bond acceptors (Lipinski definition) is 3. The standard InChI is InChI=1S/C21H24N4O2/c1-15-12-22-25(13-15)18-7-5-10-23(14-18)20(26)16(2)24-11-9-17-6-3-4-8-19(17)21(24)27/h3-4,6,8-9,11-13,16,18H,5,7,10,14H2,1-2H3. The molecule has 1 aromatic carbocycles. The van der Waals surface area contributed by atoms with Gasteiger partial charge in [0.2, 0.25) is 5.91 Å². The Morgan fingerprint density at radius 3 is 2.85 bits per heavy atom. The van der Waals surface area contributed by atoms with Crippen LogP contribution in [0.15, 0.2) is 53.7 Å². The number of piperidine rings is 1. The van der Waals surface area contributed by atoms with Crippen molar-refractivity contribution in [2.24, 2.45) is 0 Å². The van der Waals surface area contributed by atoms with Crippen molar-refractivity contribution in [3.05, 3.63) is 64.8 Å². The molecule has 1 aliphatic heterocycles. The molecule has 6 heteroatoms. The second-order valence-corrected chi connectivity index (χ2v) is 7.37. The Bertz CT molecular complexity index is 1040. The third-order valence-electron chi connectivity index (χ3n) is 5.43. The number of benzene rings is 1. The van der Waals surface area contributed by atoms with Crippen LogP contribution < -0.4 is 5.56 Å². The zero-order valence-electron chi connectivity index (χ0n) is 15.7. The number of hydrogen-bond donors (Lipinski definition) is 0. The second-order valence-electron chi connectivity index (χ2n) is 7.37. The summed E-state index contributed by atoms with van der Waals surface area (Å²) in [5.41, 5.74) is 1.000. The molecular weight excluding hydrogens is 340 g/mol. The molecule has 2 aromatic heterocycles. The Balaban J connectivity index is 1.57. The largest absolute Gasteiger partial charge is 0.339 e. The Morgan fingerprint density at radius 2 is 2.07 bits per heavy atom. The van der Waals surface area contributed by atoms with E-state index >= 15 is 0 Å². The highest BCUT2D eigenvalue weighted by Gasteiger charge is 2.29. The average molecular weight is 364 g/mol. The summed E-state index contributed by atoms with van der Waals surface area (Å²) in [4.78, 5) is 27.8. The predicted molar refractivity (Wildman–Crippen MR) is 105 cm³/mol. The van der Waals surface area contributed by atoms with Crippen molar-refractivity contribution in [1.82, 2.24) is 19.2 Å². The molecule has 0 spiro atoms. The minimum Gasteiger partial charge on any atom is -0.339 e. The fourth-order valence-corrected chi connectivity index (χ4v) is 3.90. The van der Waals surface area contributed by atoms with E-state index < -0.39 is 6.04 Å². The Labute approximate surface area is 158 Å². The van der Waals surface area contributed by atoms with Crippen molar-refractivity contribution in [2.75, 3.05) is 13.1 Å². The number of amides is 1. The number of carbonyl (C=O) groups excluding carboxylic acids is 1. The first-order chi connectivity index (χ1) is 13.0. The van der Waals surface area contributed by atoms with E-state index in [0.717, 1.165) is 30.3 Å². The average Bonchev–Trinajstić information content (AvgIpc) is 3.14. The van der Waals surface area contributed by atoms with Crippen molar-refractivity contribution < 1.29 is 4.79 Å². The van der Waals surface area contributed by atoms with Gasteiger partial charge in [-0.3, -0.25) is 14.3 Å². The highest BCUT2D eigenvalue weighted by molar-refractivity contribution is 5.83. The maximum absolute atomic E-state index is 13.1. The third-order valence-corrected chi connectivity index (χ3v) is 5.43. The van der Waals surface area contributed by atoms with E-state index in [1.165, 1.54) is 0 Å². The van der Waals surface area contributed by atoms with Crippen molar-refractivity contribution in [3.63, 3.8) is 0 Å². The van der Waals surface area contributed by atoms with Crippen LogP contribution in [0, 0.1) is 6.92 Å². The molecule has 2 atom stereocenters. The van der Waals surface area contributed by atoms with Crippen molar-refractivity contribution in [3.8, 4) is 0 Å². The summed E-state index contributed by atoms with van der Waals surface area (Å²) in [5.74, 6) is -0.0130. The first-order valence-corrected chi connectivity index (χ1v) is 9.44. The minimum absolute atomic E-state index is 0.0130. The predicted octanol–water partition coefficient (Wildman–Crippen LogP) is 2.93. The van der Waals surface area contributed by atoms with E-state index in [9.17, 15) is 9.59 Å². The van der Waals surface area contributed by atoms with E-state index in [2.05, 4.69) is 5.10 Å². The maximum Gasteiger partial charge on any atom is 0.259 e. The topological polar surface area (TPSA) is 60.1 Å². The normalized spacial score (nSPS) is 18.6. The molecule has 4 rings (SSSR count). The molecule has 3 heterocycles. The van der Waals surface area contributed by atoms with Crippen molar-refractivity contribution in [1.29, 1.82) is 0 Å². The first-order valence-electron chi connectivity index (χ1n) is 9.44. The summed E-state index contributed by atoms with van der Waals surface area (Å²) < 4.78 is 3.51. The Kier molecular flexibility index (Phi) is 4.56. The minimum atomic E-state index is -0.528. The zero-order chi connectivity index (χ0) is 19.0. The van der Waals surface area contributed by atoms with Gasteiger partial charge < -0.3 is 9.47 Å². The van der Waals surface area contributed by atoms with Crippen LogP contribution >= 0.6 is 0 Å². The van der Waals surface area contributed by atoms with Gasteiger partial charge in [0, 0.05) is 30.9 Å². The fraction of sp³-hybridized carbons (Fsp3) is 0.381. The molecule has 27 heavy (non-hydrogen) atoms. The second kappa shape index (κ2) is 7.02. The van der Waals surface area contributed by atoms with Gasteiger partial charge in [0.25, 0.3) is 5.56 Å². The van der Waals surface area contributed by atoms with Crippen LogP contribution in [0.1, 0.15) is 37.4 Å². The number of fused-ring (bicyclic) bond motifs is 1. The van der Waals surface area contributed by atoms with E-state index in [0.29, 0.717) is 11.9 Å². The molecule has 0 saturated carbocycles. The molecule has 2 unspecified atom stereocenters. The first kappa shape index (κ1) is 17.5. The molecule has 6 nitrogen and oxygen atoms in total. The number of nitrogens with zero attached hydrogens (tertiary/aromatic N) is 4. The van der Waals surface area contributed by atoms with Crippen LogP contribution in [-0.4, -0.2) is 38.2 Å². The molecule has 0 N–H and O–H groups in total. The molecular formula is C21H24N4O2. The molecule has 1 aliphatic rings. The SMILES string of the molecule is Cc1cnn(C2CCCN(C(=O)C(C)n3ccc4ccccc4c3=O)C2)c1. The van der Waals surface area contributed by atoms with Crippen LogP contribution in [0.25, 0.3) is 10.8 Å². The van der Waals surface area contributed by atoms with Crippen molar-refractivity contribution >= 4 is 16.7 Å². The van der Waals surface area contributed by atoms with Crippen LogP contribution in [0.5, 0.6) is 0 Å². The molecule has 3 aromatic rings. The highest BCUT2D eigenvalue weighted by Crippen LogP contribution is 2.23. The van der Waals surface area contributed by atoms with Gasteiger partial charge in [-0.25, -0.2) is 0 Å². The lowest BCUT2D eigenvalue weighted by Gasteiger charge is -2.34. The van der Waals surface area contributed by atoms with Crippen molar-refractivity contribution in [2.45, 2.75) is 38.8 Å².